The van der Waals surface area contributed by atoms with Gasteiger partial charge in [-0.25, -0.2) is 0 Å². The first-order valence-corrected chi connectivity index (χ1v) is 5.32. The van der Waals surface area contributed by atoms with Gasteiger partial charge >= 0.3 is 0 Å². The molecule has 0 amide bonds. The second kappa shape index (κ2) is 5.08. The van der Waals surface area contributed by atoms with Crippen LogP contribution in [0.1, 0.15) is 32.8 Å². The Morgan fingerprint density at radius 1 is 1.20 bits per heavy atom. The lowest BCUT2D eigenvalue weighted by atomic mass is 9.87. The van der Waals surface area contributed by atoms with Gasteiger partial charge in [0.05, 0.1) is 6.67 Å². The number of nitrogens with zero attached hydrogens (tertiary/aromatic N) is 1. The highest BCUT2D eigenvalue weighted by Crippen LogP contribution is 2.22. The predicted molar refractivity (Wildman–Crippen MR) is 66.1 cm³/mol. The second-order valence-corrected chi connectivity index (χ2v) is 4.89. The Morgan fingerprint density at radius 3 is 2.27 bits per heavy atom. The molecule has 0 heterocycles. The number of benzene rings is 1. The summed E-state index contributed by atoms with van der Waals surface area (Å²) in [5, 5.41) is 0. The molecule has 0 radical (unpaired) electrons. The zero-order chi connectivity index (χ0) is 11.3. The molecule has 0 atom stereocenters. The minimum Gasteiger partial charge on any atom is -0.312 e. The predicted octanol–water partition coefficient (Wildman–Crippen LogP) is 2.83. The molecular weight excluding hydrogens is 184 g/mol. The molecule has 0 aromatic heterocycles. The third kappa shape index (κ3) is 4.26. The van der Waals surface area contributed by atoms with E-state index in [9.17, 15) is 0 Å². The molecule has 0 saturated carbocycles. The van der Waals surface area contributed by atoms with Crippen molar-refractivity contribution in [1.82, 2.24) is 0 Å². The van der Waals surface area contributed by atoms with Gasteiger partial charge in [-0.15, -0.1) is 0 Å². The van der Waals surface area contributed by atoms with Crippen LogP contribution in [0.2, 0.25) is 0 Å². The van der Waals surface area contributed by atoms with Crippen LogP contribution in [-0.2, 0) is 0 Å². The molecule has 0 unspecified atom stereocenters. The highest BCUT2D eigenvalue weighted by molar-refractivity contribution is 6.00. The highest BCUT2D eigenvalue weighted by atomic mass is 14.9. The van der Waals surface area contributed by atoms with Gasteiger partial charge in [-0.3, -0.25) is 4.99 Å². The SMILES string of the molecule is CC(C)(C)C/C(=N\CN)c1ccccc1. The van der Waals surface area contributed by atoms with Crippen molar-refractivity contribution in [3.63, 3.8) is 0 Å². The molecule has 0 bridgehead atoms. The van der Waals surface area contributed by atoms with E-state index in [1.54, 1.807) is 0 Å². The first kappa shape index (κ1) is 11.9. The van der Waals surface area contributed by atoms with Crippen LogP contribution in [0.15, 0.2) is 35.3 Å². The van der Waals surface area contributed by atoms with E-state index >= 15 is 0 Å². The van der Waals surface area contributed by atoms with Crippen LogP contribution in [0, 0.1) is 5.41 Å². The summed E-state index contributed by atoms with van der Waals surface area (Å²) in [6, 6.07) is 10.2. The molecule has 1 aromatic rings. The monoisotopic (exact) mass is 204 g/mol. The highest BCUT2D eigenvalue weighted by Gasteiger charge is 2.15. The van der Waals surface area contributed by atoms with Crippen LogP contribution in [-0.4, -0.2) is 12.4 Å². The molecule has 0 fully saturated rings. The Bertz CT molecular complexity index is 320. The molecule has 2 N–H and O–H groups in total. The van der Waals surface area contributed by atoms with Gasteiger partial charge in [-0.2, -0.15) is 0 Å². The van der Waals surface area contributed by atoms with Crippen LogP contribution >= 0.6 is 0 Å². The average Bonchev–Trinajstić information content (AvgIpc) is 2.17. The van der Waals surface area contributed by atoms with Gasteiger partial charge in [0.2, 0.25) is 0 Å². The fraction of sp³-hybridized carbons (Fsp3) is 0.462. The lowest BCUT2D eigenvalue weighted by molar-refractivity contribution is 0.434. The van der Waals surface area contributed by atoms with Crippen LogP contribution in [0.3, 0.4) is 0 Å². The van der Waals surface area contributed by atoms with Gasteiger partial charge in [0.1, 0.15) is 0 Å². The Kier molecular flexibility index (Phi) is 4.04. The lowest BCUT2D eigenvalue weighted by Gasteiger charge is -2.19. The summed E-state index contributed by atoms with van der Waals surface area (Å²) in [5.41, 5.74) is 8.02. The van der Waals surface area contributed by atoms with E-state index in [0.717, 1.165) is 12.1 Å². The summed E-state index contributed by atoms with van der Waals surface area (Å²) in [4.78, 5) is 4.37. The van der Waals surface area contributed by atoms with Gasteiger partial charge < -0.3 is 5.73 Å². The van der Waals surface area contributed by atoms with Crippen molar-refractivity contribution in [2.75, 3.05) is 6.67 Å². The van der Waals surface area contributed by atoms with Gasteiger partial charge in [0, 0.05) is 5.71 Å². The summed E-state index contributed by atoms with van der Waals surface area (Å²) in [7, 11) is 0. The normalized spacial score (nSPS) is 12.9. The second-order valence-electron chi connectivity index (χ2n) is 4.89. The van der Waals surface area contributed by atoms with E-state index in [-0.39, 0.29) is 5.41 Å². The summed E-state index contributed by atoms with van der Waals surface area (Å²) in [5.74, 6) is 0. The van der Waals surface area contributed by atoms with Crippen molar-refractivity contribution in [3.8, 4) is 0 Å². The Labute approximate surface area is 92.2 Å². The minimum atomic E-state index is 0.240. The van der Waals surface area contributed by atoms with Crippen LogP contribution in [0.4, 0.5) is 0 Å². The molecule has 0 aliphatic carbocycles. The maximum Gasteiger partial charge on any atom is 0.0862 e. The van der Waals surface area contributed by atoms with Gasteiger partial charge in [0.25, 0.3) is 0 Å². The van der Waals surface area contributed by atoms with Crippen molar-refractivity contribution in [3.05, 3.63) is 35.9 Å². The van der Waals surface area contributed by atoms with Crippen molar-refractivity contribution in [2.45, 2.75) is 27.2 Å². The molecule has 0 aliphatic rings. The van der Waals surface area contributed by atoms with E-state index in [1.165, 1.54) is 5.56 Å². The summed E-state index contributed by atoms with van der Waals surface area (Å²) >= 11 is 0. The van der Waals surface area contributed by atoms with E-state index in [2.05, 4.69) is 37.9 Å². The number of aliphatic imine (C=N–C) groups is 1. The minimum absolute atomic E-state index is 0.240. The average molecular weight is 204 g/mol. The van der Waals surface area contributed by atoms with Gasteiger partial charge in [0.15, 0.2) is 0 Å². The molecule has 0 aliphatic heterocycles. The summed E-state index contributed by atoms with van der Waals surface area (Å²) < 4.78 is 0. The smallest absolute Gasteiger partial charge is 0.0862 e. The molecule has 82 valence electrons. The van der Waals surface area contributed by atoms with E-state index in [0.29, 0.717) is 6.67 Å². The third-order valence-corrected chi connectivity index (χ3v) is 2.09. The standard InChI is InChI=1S/C13H20N2/c1-13(2,3)9-12(15-10-14)11-7-5-4-6-8-11/h4-8H,9-10,14H2,1-3H3/b15-12+. The van der Waals surface area contributed by atoms with Crippen LogP contribution in [0.25, 0.3) is 0 Å². The summed E-state index contributed by atoms with van der Waals surface area (Å²) in [6.07, 6.45) is 0.953. The van der Waals surface area contributed by atoms with E-state index in [1.807, 2.05) is 18.2 Å². The number of hydrogen-bond donors (Lipinski definition) is 1. The van der Waals surface area contributed by atoms with Crippen molar-refractivity contribution >= 4 is 5.71 Å². The zero-order valence-corrected chi connectivity index (χ0v) is 9.83. The molecule has 2 heteroatoms. The first-order chi connectivity index (χ1) is 7.03. The fourth-order valence-electron chi connectivity index (χ4n) is 1.49. The number of hydrogen-bond acceptors (Lipinski definition) is 2. The number of rotatable bonds is 3. The Hall–Kier alpha value is -1.15. The molecule has 0 saturated heterocycles. The molecule has 0 spiro atoms. The first-order valence-electron chi connectivity index (χ1n) is 5.32. The topological polar surface area (TPSA) is 38.4 Å². The zero-order valence-electron chi connectivity index (χ0n) is 9.83. The largest absolute Gasteiger partial charge is 0.312 e. The van der Waals surface area contributed by atoms with Crippen molar-refractivity contribution in [1.29, 1.82) is 0 Å². The molecule has 1 rings (SSSR count). The molecular formula is C13H20N2. The van der Waals surface area contributed by atoms with Gasteiger partial charge in [-0.1, -0.05) is 51.1 Å². The van der Waals surface area contributed by atoms with E-state index in [4.69, 9.17) is 5.73 Å². The summed E-state index contributed by atoms with van der Waals surface area (Å²) in [6.45, 7) is 6.99. The Balaban J connectivity index is 2.90. The maximum atomic E-state index is 5.50. The maximum absolute atomic E-state index is 5.50. The molecule has 1 aromatic carbocycles. The molecule has 2 nitrogen and oxygen atoms in total. The third-order valence-electron chi connectivity index (χ3n) is 2.09. The van der Waals surface area contributed by atoms with Gasteiger partial charge in [-0.05, 0) is 17.4 Å². The van der Waals surface area contributed by atoms with Crippen LogP contribution < -0.4 is 5.73 Å². The lowest BCUT2D eigenvalue weighted by Crippen LogP contribution is -2.15. The number of nitrogens with two attached hydrogens (primary N) is 1. The van der Waals surface area contributed by atoms with Crippen molar-refractivity contribution in [2.24, 2.45) is 16.1 Å². The van der Waals surface area contributed by atoms with Crippen molar-refractivity contribution < 1.29 is 0 Å². The quantitative estimate of drug-likeness (QED) is 0.755. The fourth-order valence-corrected chi connectivity index (χ4v) is 1.49. The van der Waals surface area contributed by atoms with Crippen LogP contribution in [0.5, 0.6) is 0 Å². The Morgan fingerprint density at radius 2 is 1.80 bits per heavy atom. The van der Waals surface area contributed by atoms with E-state index < -0.39 is 0 Å². The molecule has 15 heavy (non-hydrogen) atoms.